The van der Waals surface area contributed by atoms with Crippen LogP contribution in [0.4, 0.5) is 18.0 Å². The summed E-state index contributed by atoms with van der Waals surface area (Å²) in [6.07, 6.45) is -4.53. The number of urea groups is 1. The lowest BCUT2D eigenvalue weighted by Gasteiger charge is -2.40. The summed E-state index contributed by atoms with van der Waals surface area (Å²) < 4.78 is 45.1. The average molecular weight is 407 g/mol. The van der Waals surface area contributed by atoms with Crippen molar-refractivity contribution in [3.63, 3.8) is 0 Å². The van der Waals surface area contributed by atoms with E-state index in [2.05, 4.69) is 10.2 Å². The summed E-state index contributed by atoms with van der Waals surface area (Å²) in [4.78, 5) is 16.7. The normalized spacial score (nSPS) is 17.8. The monoisotopic (exact) mass is 407 g/mol. The number of benzene rings is 2. The maximum Gasteiger partial charge on any atom is 0.416 e. The second-order valence-corrected chi connectivity index (χ2v) is 7.06. The van der Waals surface area contributed by atoms with E-state index in [1.165, 1.54) is 19.2 Å². The van der Waals surface area contributed by atoms with Crippen LogP contribution >= 0.6 is 0 Å². The Morgan fingerprint density at radius 3 is 2.55 bits per heavy atom. The van der Waals surface area contributed by atoms with Crippen LogP contribution in [0.5, 0.6) is 5.75 Å². The summed E-state index contributed by atoms with van der Waals surface area (Å²) in [5.74, 6) is 0.121. The van der Waals surface area contributed by atoms with E-state index >= 15 is 0 Å². The molecule has 1 N–H and O–H groups in total. The second kappa shape index (κ2) is 8.73. The molecule has 5 nitrogen and oxygen atoms in total. The van der Waals surface area contributed by atoms with Crippen molar-refractivity contribution in [2.24, 2.45) is 0 Å². The number of ether oxygens (including phenoxy) is 1. The highest BCUT2D eigenvalue weighted by atomic mass is 19.4. The Hall–Kier alpha value is -2.74. The maximum absolute atomic E-state index is 13.4. The molecule has 0 radical (unpaired) electrons. The molecule has 1 aliphatic rings. The summed E-state index contributed by atoms with van der Waals surface area (Å²) >= 11 is 0. The van der Waals surface area contributed by atoms with Crippen LogP contribution in [-0.4, -0.2) is 49.6 Å². The van der Waals surface area contributed by atoms with Gasteiger partial charge in [0, 0.05) is 26.2 Å². The van der Waals surface area contributed by atoms with Gasteiger partial charge in [-0.3, -0.25) is 0 Å². The van der Waals surface area contributed by atoms with Crippen LogP contribution in [0.25, 0.3) is 0 Å². The van der Waals surface area contributed by atoms with Crippen molar-refractivity contribution in [1.82, 2.24) is 15.1 Å². The molecule has 0 saturated carbocycles. The molecule has 1 fully saturated rings. The number of likely N-dealkylation sites (N-methyl/N-ethyl adjacent to an activating group) is 1. The van der Waals surface area contributed by atoms with Gasteiger partial charge in [0.05, 0.1) is 18.7 Å². The first-order chi connectivity index (χ1) is 13.8. The van der Waals surface area contributed by atoms with Crippen molar-refractivity contribution in [2.45, 2.75) is 18.8 Å². The fourth-order valence-corrected chi connectivity index (χ4v) is 3.50. The highest BCUT2D eigenvalue weighted by Crippen LogP contribution is 2.34. The zero-order valence-corrected chi connectivity index (χ0v) is 16.4. The van der Waals surface area contributed by atoms with Gasteiger partial charge in [0.1, 0.15) is 5.75 Å². The smallest absolute Gasteiger partial charge is 0.416 e. The molecular weight excluding hydrogens is 383 g/mol. The van der Waals surface area contributed by atoms with Gasteiger partial charge in [0.15, 0.2) is 0 Å². The van der Waals surface area contributed by atoms with Crippen LogP contribution in [0.15, 0.2) is 48.5 Å². The molecule has 1 atom stereocenters. The Kier molecular flexibility index (Phi) is 6.32. The van der Waals surface area contributed by atoms with Crippen molar-refractivity contribution < 1.29 is 22.7 Å². The molecule has 1 saturated heterocycles. The number of piperazine rings is 1. The molecule has 0 aromatic heterocycles. The summed E-state index contributed by atoms with van der Waals surface area (Å²) in [6, 6.07) is 12.8. The standard InChI is InChI=1S/C21H24F3N3O2/c1-26-10-11-27(19(14-26)15-6-4-3-5-7-15)20(28)25-13-16-8-9-17(29-2)12-18(16)21(22,23)24/h3-9,12,19H,10-11,13-14H2,1-2H3,(H,25,28). The van der Waals surface area contributed by atoms with E-state index in [0.29, 0.717) is 19.6 Å². The minimum absolute atomic E-state index is 0.00274. The minimum Gasteiger partial charge on any atom is -0.497 e. The third-order valence-corrected chi connectivity index (χ3v) is 5.08. The largest absolute Gasteiger partial charge is 0.497 e. The van der Waals surface area contributed by atoms with E-state index in [-0.39, 0.29) is 29.9 Å². The number of amides is 2. The number of hydrogen-bond acceptors (Lipinski definition) is 3. The number of carbonyl (C=O) groups excluding carboxylic acids is 1. The van der Waals surface area contributed by atoms with Crippen molar-refractivity contribution in [1.29, 1.82) is 0 Å². The average Bonchev–Trinajstić information content (AvgIpc) is 2.71. The van der Waals surface area contributed by atoms with E-state index in [1.807, 2.05) is 37.4 Å². The van der Waals surface area contributed by atoms with Gasteiger partial charge in [-0.25, -0.2) is 4.79 Å². The van der Waals surface area contributed by atoms with E-state index in [1.54, 1.807) is 4.90 Å². The third kappa shape index (κ3) is 5.00. The number of carbonyl (C=O) groups is 1. The van der Waals surface area contributed by atoms with Crippen molar-refractivity contribution in [3.8, 4) is 5.75 Å². The summed E-state index contributed by atoms with van der Waals surface area (Å²) in [7, 11) is 3.30. The van der Waals surface area contributed by atoms with E-state index < -0.39 is 11.7 Å². The van der Waals surface area contributed by atoms with Crippen LogP contribution in [0.1, 0.15) is 22.7 Å². The Morgan fingerprint density at radius 1 is 1.17 bits per heavy atom. The molecule has 0 spiro atoms. The van der Waals surface area contributed by atoms with Gasteiger partial charge < -0.3 is 19.9 Å². The van der Waals surface area contributed by atoms with Crippen LogP contribution < -0.4 is 10.1 Å². The molecule has 2 aromatic rings. The topological polar surface area (TPSA) is 44.8 Å². The fourth-order valence-electron chi connectivity index (χ4n) is 3.50. The van der Waals surface area contributed by atoms with Crippen LogP contribution in [0.2, 0.25) is 0 Å². The van der Waals surface area contributed by atoms with Crippen molar-refractivity contribution in [3.05, 3.63) is 65.2 Å². The first kappa shape index (κ1) is 21.0. The van der Waals surface area contributed by atoms with Gasteiger partial charge in [-0.1, -0.05) is 36.4 Å². The van der Waals surface area contributed by atoms with Gasteiger partial charge in [0.25, 0.3) is 0 Å². The number of nitrogens with zero attached hydrogens (tertiary/aromatic N) is 2. The highest BCUT2D eigenvalue weighted by Gasteiger charge is 2.34. The Morgan fingerprint density at radius 2 is 1.90 bits per heavy atom. The van der Waals surface area contributed by atoms with E-state index in [0.717, 1.165) is 11.6 Å². The van der Waals surface area contributed by atoms with Gasteiger partial charge in [-0.05, 0) is 30.3 Å². The maximum atomic E-state index is 13.4. The lowest BCUT2D eigenvalue weighted by atomic mass is 10.0. The van der Waals surface area contributed by atoms with Gasteiger partial charge in [-0.15, -0.1) is 0 Å². The highest BCUT2D eigenvalue weighted by molar-refractivity contribution is 5.75. The molecule has 3 rings (SSSR count). The zero-order chi connectivity index (χ0) is 21.0. The van der Waals surface area contributed by atoms with Gasteiger partial charge in [0.2, 0.25) is 0 Å². The van der Waals surface area contributed by atoms with Gasteiger partial charge in [-0.2, -0.15) is 13.2 Å². The molecule has 2 amide bonds. The first-order valence-electron chi connectivity index (χ1n) is 9.31. The van der Waals surface area contributed by atoms with Crippen LogP contribution in [0, 0.1) is 0 Å². The van der Waals surface area contributed by atoms with Crippen molar-refractivity contribution in [2.75, 3.05) is 33.8 Å². The summed E-state index contributed by atoms with van der Waals surface area (Å²) in [5.41, 5.74) is 0.182. The first-order valence-corrected chi connectivity index (χ1v) is 9.31. The lowest BCUT2D eigenvalue weighted by molar-refractivity contribution is -0.138. The SMILES string of the molecule is COc1ccc(CNC(=O)N2CCN(C)CC2c2ccccc2)c(C(F)(F)F)c1. The molecule has 29 heavy (non-hydrogen) atoms. The van der Waals surface area contributed by atoms with Crippen molar-refractivity contribution >= 4 is 6.03 Å². The fraction of sp³-hybridized carbons (Fsp3) is 0.381. The number of nitrogens with one attached hydrogen (secondary N) is 1. The molecule has 0 aliphatic carbocycles. The quantitative estimate of drug-likeness (QED) is 0.836. The molecule has 156 valence electrons. The lowest BCUT2D eigenvalue weighted by Crippen LogP contribution is -2.52. The molecule has 0 bridgehead atoms. The van der Waals surface area contributed by atoms with E-state index in [4.69, 9.17) is 4.74 Å². The molecule has 1 unspecified atom stereocenters. The number of methoxy groups -OCH3 is 1. The molecular formula is C21H24F3N3O2. The Balaban J connectivity index is 1.76. The molecule has 8 heteroatoms. The molecule has 2 aromatic carbocycles. The predicted molar refractivity (Wildman–Crippen MR) is 104 cm³/mol. The molecule has 1 aliphatic heterocycles. The second-order valence-electron chi connectivity index (χ2n) is 7.06. The number of rotatable bonds is 4. The molecule has 1 heterocycles. The number of hydrogen-bond donors (Lipinski definition) is 1. The third-order valence-electron chi connectivity index (χ3n) is 5.08. The van der Waals surface area contributed by atoms with Crippen LogP contribution in [-0.2, 0) is 12.7 Å². The Bertz CT molecular complexity index is 843. The predicted octanol–water partition coefficient (Wildman–Crippen LogP) is 3.91. The minimum atomic E-state index is -4.53. The number of halogens is 3. The summed E-state index contributed by atoms with van der Waals surface area (Å²) in [6.45, 7) is 1.64. The summed E-state index contributed by atoms with van der Waals surface area (Å²) in [5, 5.41) is 2.66. The van der Waals surface area contributed by atoms with E-state index in [9.17, 15) is 18.0 Å². The number of alkyl halides is 3. The van der Waals surface area contributed by atoms with Gasteiger partial charge >= 0.3 is 12.2 Å². The Labute approximate surface area is 168 Å². The zero-order valence-electron chi connectivity index (χ0n) is 16.4. The van der Waals surface area contributed by atoms with Crippen LogP contribution in [0.3, 0.4) is 0 Å².